The summed E-state index contributed by atoms with van der Waals surface area (Å²) >= 11 is 0. The van der Waals surface area contributed by atoms with Crippen LogP contribution >= 0.6 is 0 Å². The van der Waals surface area contributed by atoms with Gasteiger partial charge in [0, 0.05) is 33.3 Å². The molecule has 10 heteroatoms. The molecule has 1 aromatic carbocycles. The molecule has 2 rings (SSSR count). The van der Waals surface area contributed by atoms with Crippen LogP contribution in [0.3, 0.4) is 0 Å². The Hall–Kier alpha value is -2.98. The number of carbonyl (C=O) groups excluding carboxylic acids is 4. The van der Waals surface area contributed by atoms with E-state index in [1.165, 1.54) is 12.1 Å². The molecule has 164 valence electrons. The number of esters is 4. The maximum atomic E-state index is 11.8. The first-order valence-corrected chi connectivity index (χ1v) is 9.15. The van der Waals surface area contributed by atoms with Crippen LogP contribution in [0.1, 0.15) is 33.3 Å². The fraction of sp³-hybridized carbons (Fsp3) is 0.500. The molecule has 1 aliphatic heterocycles. The van der Waals surface area contributed by atoms with E-state index in [0.717, 1.165) is 27.7 Å². The van der Waals surface area contributed by atoms with Crippen LogP contribution in [0, 0.1) is 0 Å². The molecule has 1 fully saturated rings. The van der Waals surface area contributed by atoms with Crippen molar-refractivity contribution in [3.05, 3.63) is 35.9 Å². The molecule has 1 saturated heterocycles. The maximum Gasteiger partial charge on any atom is 0.303 e. The third kappa shape index (κ3) is 5.55. The van der Waals surface area contributed by atoms with Gasteiger partial charge in [-0.25, -0.2) is 0 Å². The Morgan fingerprint density at radius 3 is 1.90 bits per heavy atom. The molecule has 30 heavy (non-hydrogen) atoms. The predicted octanol–water partition coefficient (Wildman–Crippen LogP) is 0.589. The fourth-order valence-electron chi connectivity index (χ4n) is 3.19. The van der Waals surface area contributed by atoms with Gasteiger partial charge >= 0.3 is 23.9 Å². The molecule has 1 N–H and O–H groups in total. The molecule has 10 nitrogen and oxygen atoms in total. The monoisotopic (exact) mass is 424 g/mol. The largest absolute Gasteiger partial charge is 0.463 e. The quantitative estimate of drug-likeness (QED) is 0.510. The summed E-state index contributed by atoms with van der Waals surface area (Å²) in [5.41, 5.74) is 0.183. The summed E-state index contributed by atoms with van der Waals surface area (Å²) in [5, 5.41) is 11.5. The number of ether oxygens (including phenoxy) is 5. The number of rotatable bonds is 6. The van der Waals surface area contributed by atoms with Crippen molar-refractivity contribution in [2.75, 3.05) is 6.61 Å². The first-order chi connectivity index (χ1) is 14.0. The second kappa shape index (κ2) is 9.68. The summed E-state index contributed by atoms with van der Waals surface area (Å²) in [4.78, 5) is 46.6. The minimum absolute atomic E-state index is 0.183. The molecule has 5 atom stereocenters. The standard InChI is InChI=1S/C20H24O10/c1-11(21)26-10-16-17(27-12(2)22)18(28-13(3)23)19(29-14(4)24)20(25,30-16)15-8-6-5-7-9-15/h5-9,16-19,25H,10H2,1-4H3/t16-,17-,18+,19-,20+/m1/s1. The summed E-state index contributed by atoms with van der Waals surface area (Å²) in [7, 11) is 0. The van der Waals surface area contributed by atoms with Gasteiger partial charge in [-0.2, -0.15) is 0 Å². The zero-order chi connectivity index (χ0) is 22.5. The van der Waals surface area contributed by atoms with Gasteiger partial charge in [-0.1, -0.05) is 30.3 Å². The van der Waals surface area contributed by atoms with Crippen molar-refractivity contribution in [3.8, 4) is 0 Å². The zero-order valence-corrected chi connectivity index (χ0v) is 17.0. The van der Waals surface area contributed by atoms with Crippen LogP contribution in [0.25, 0.3) is 0 Å². The molecule has 0 radical (unpaired) electrons. The predicted molar refractivity (Wildman–Crippen MR) is 98.5 cm³/mol. The highest BCUT2D eigenvalue weighted by molar-refractivity contribution is 5.69. The molecule has 0 aromatic heterocycles. The lowest BCUT2D eigenvalue weighted by molar-refractivity contribution is -0.360. The SMILES string of the molecule is CC(=O)OC[C@H]1O[C@@](O)(c2ccccc2)[C@H](OC(C)=O)[C@@H](OC(C)=O)[C@@H]1OC(C)=O. The minimum Gasteiger partial charge on any atom is -0.463 e. The van der Waals surface area contributed by atoms with Crippen LogP contribution in [0.4, 0.5) is 0 Å². The van der Waals surface area contributed by atoms with Gasteiger partial charge in [0.25, 0.3) is 0 Å². The highest BCUT2D eigenvalue weighted by Gasteiger charge is 2.60. The molecule has 0 bridgehead atoms. The highest BCUT2D eigenvalue weighted by atomic mass is 16.7. The van der Waals surface area contributed by atoms with Crippen molar-refractivity contribution in [2.45, 2.75) is 57.9 Å². The number of hydrogen-bond acceptors (Lipinski definition) is 10. The van der Waals surface area contributed by atoms with Crippen molar-refractivity contribution in [1.82, 2.24) is 0 Å². The van der Waals surface area contributed by atoms with Gasteiger partial charge in [0.1, 0.15) is 12.7 Å². The molecule has 0 unspecified atom stereocenters. The summed E-state index contributed by atoms with van der Waals surface area (Å²) < 4.78 is 26.6. The molecular weight excluding hydrogens is 400 g/mol. The van der Waals surface area contributed by atoms with E-state index in [4.69, 9.17) is 23.7 Å². The average molecular weight is 424 g/mol. The number of carbonyl (C=O) groups is 4. The molecule has 0 aliphatic carbocycles. The first kappa shape index (κ1) is 23.3. The van der Waals surface area contributed by atoms with Gasteiger partial charge in [0.2, 0.25) is 11.9 Å². The third-order valence-electron chi connectivity index (χ3n) is 4.24. The smallest absolute Gasteiger partial charge is 0.303 e. The molecule has 1 aromatic rings. The van der Waals surface area contributed by atoms with Gasteiger partial charge < -0.3 is 28.8 Å². The Kier molecular flexibility index (Phi) is 7.52. The van der Waals surface area contributed by atoms with Crippen molar-refractivity contribution < 1.29 is 48.0 Å². The Morgan fingerprint density at radius 1 is 0.867 bits per heavy atom. The van der Waals surface area contributed by atoms with E-state index >= 15 is 0 Å². The van der Waals surface area contributed by atoms with Crippen LogP contribution < -0.4 is 0 Å². The highest BCUT2D eigenvalue weighted by Crippen LogP contribution is 2.40. The second-order valence-electron chi connectivity index (χ2n) is 6.70. The van der Waals surface area contributed by atoms with Crippen molar-refractivity contribution in [2.24, 2.45) is 0 Å². The van der Waals surface area contributed by atoms with Gasteiger partial charge in [0.15, 0.2) is 12.2 Å². The average Bonchev–Trinajstić information content (AvgIpc) is 2.65. The van der Waals surface area contributed by atoms with E-state index in [2.05, 4.69) is 0 Å². The number of aliphatic hydroxyl groups is 1. The van der Waals surface area contributed by atoms with Gasteiger partial charge in [-0.15, -0.1) is 0 Å². The van der Waals surface area contributed by atoms with E-state index in [0.29, 0.717) is 0 Å². The minimum atomic E-state index is -2.30. The zero-order valence-electron chi connectivity index (χ0n) is 17.0. The third-order valence-corrected chi connectivity index (χ3v) is 4.24. The summed E-state index contributed by atoms with van der Waals surface area (Å²) in [5.74, 6) is -5.27. The Labute approximate surface area is 173 Å². The summed E-state index contributed by atoms with van der Waals surface area (Å²) in [6.45, 7) is 4.06. The molecule has 0 spiro atoms. The van der Waals surface area contributed by atoms with Crippen LogP contribution in [-0.4, -0.2) is 60.0 Å². The Balaban J connectivity index is 2.59. The van der Waals surface area contributed by atoms with Crippen LogP contribution in [0.2, 0.25) is 0 Å². The van der Waals surface area contributed by atoms with Crippen LogP contribution in [0.15, 0.2) is 30.3 Å². The molecule has 1 aliphatic rings. The van der Waals surface area contributed by atoms with Crippen LogP contribution in [-0.2, 0) is 48.6 Å². The van der Waals surface area contributed by atoms with E-state index in [1.54, 1.807) is 18.2 Å². The lowest BCUT2D eigenvalue weighted by Gasteiger charge is -2.48. The molecule has 0 saturated carbocycles. The fourth-order valence-corrected chi connectivity index (χ4v) is 3.19. The maximum absolute atomic E-state index is 11.8. The molecule has 0 amide bonds. The molecule has 1 heterocycles. The van der Waals surface area contributed by atoms with E-state index in [1.807, 2.05) is 0 Å². The number of hydrogen-bond donors (Lipinski definition) is 1. The Bertz CT molecular complexity index is 792. The number of benzene rings is 1. The van der Waals surface area contributed by atoms with Gasteiger partial charge in [0.05, 0.1) is 0 Å². The summed E-state index contributed by atoms with van der Waals surface area (Å²) in [6.07, 6.45) is -5.60. The molecular formula is C20H24O10. The van der Waals surface area contributed by atoms with Crippen molar-refractivity contribution >= 4 is 23.9 Å². The van der Waals surface area contributed by atoms with E-state index in [-0.39, 0.29) is 5.56 Å². The topological polar surface area (TPSA) is 135 Å². The van der Waals surface area contributed by atoms with E-state index in [9.17, 15) is 24.3 Å². The Morgan fingerprint density at radius 2 is 1.40 bits per heavy atom. The second-order valence-corrected chi connectivity index (χ2v) is 6.70. The normalized spacial score (nSPS) is 28.2. The summed E-state index contributed by atoms with van der Waals surface area (Å²) in [6, 6.07) is 7.94. The van der Waals surface area contributed by atoms with E-state index < -0.39 is 60.7 Å². The lowest BCUT2D eigenvalue weighted by Crippen LogP contribution is -2.66. The van der Waals surface area contributed by atoms with Crippen molar-refractivity contribution in [3.63, 3.8) is 0 Å². The first-order valence-electron chi connectivity index (χ1n) is 9.15. The van der Waals surface area contributed by atoms with Crippen molar-refractivity contribution in [1.29, 1.82) is 0 Å². The van der Waals surface area contributed by atoms with Gasteiger partial charge in [-0.3, -0.25) is 19.2 Å². The lowest BCUT2D eigenvalue weighted by atomic mass is 9.87. The van der Waals surface area contributed by atoms with Crippen LogP contribution in [0.5, 0.6) is 0 Å². The van der Waals surface area contributed by atoms with Gasteiger partial charge in [-0.05, 0) is 0 Å².